The number of nitrogen functional groups attached to an aromatic ring is 1. The molecule has 5 rings (SSSR count). The van der Waals surface area contributed by atoms with Crippen LogP contribution in [-0.4, -0.2) is 30.7 Å². The zero-order valence-electron chi connectivity index (χ0n) is 18.0. The lowest BCUT2D eigenvalue weighted by molar-refractivity contribution is 0.300. The van der Waals surface area contributed by atoms with Crippen LogP contribution in [0.1, 0.15) is 30.0 Å². The van der Waals surface area contributed by atoms with Gasteiger partial charge in [0.05, 0.1) is 24.0 Å². The van der Waals surface area contributed by atoms with Crippen molar-refractivity contribution in [2.24, 2.45) is 5.92 Å². The Morgan fingerprint density at radius 3 is 2.67 bits per heavy atom. The van der Waals surface area contributed by atoms with Gasteiger partial charge in [-0.05, 0) is 25.1 Å². The predicted molar refractivity (Wildman–Crippen MR) is 122 cm³/mol. The first kappa shape index (κ1) is 20.2. The number of aryl methyl sites for hydroxylation is 1. The number of fused-ring (bicyclic) bond motifs is 1. The molecule has 0 aliphatic carbocycles. The van der Waals surface area contributed by atoms with Crippen molar-refractivity contribution in [2.45, 2.75) is 19.9 Å². The number of hydrogen-bond acceptors (Lipinski definition) is 7. The number of nitrogens with two attached hydrogens (primary N) is 1. The predicted octanol–water partition coefficient (Wildman–Crippen LogP) is 2.79. The van der Waals surface area contributed by atoms with E-state index in [0.717, 1.165) is 0 Å². The second kappa shape index (κ2) is 7.46. The zero-order valence-corrected chi connectivity index (χ0v) is 18.0. The van der Waals surface area contributed by atoms with Crippen LogP contribution in [-0.2, 0) is 0 Å². The monoisotopic (exact) mass is 437 g/mol. The fourth-order valence-electron chi connectivity index (χ4n) is 4.40. The lowest BCUT2D eigenvalue weighted by Crippen LogP contribution is -2.52. The Morgan fingerprint density at radius 2 is 2.00 bits per heavy atom. The van der Waals surface area contributed by atoms with Crippen molar-refractivity contribution >= 4 is 23.0 Å². The van der Waals surface area contributed by atoms with Crippen molar-refractivity contribution in [3.63, 3.8) is 0 Å². The molecule has 3 aromatic heterocycles. The summed E-state index contributed by atoms with van der Waals surface area (Å²) in [6.45, 7) is 11.8. The van der Waals surface area contributed by atoms with Crippen molar-refractivity contribution in [2.75, 3.05) is 17.2 Å². The van der Waals surface area contributed by atoms with E-state index in [4.69, 9.17) is 17.4 Å². The average Bonchev–Trinajstić information content (AvgIpc) is 3.21. The third-order valence-corrected chi connectivity index (χ3v) is 5.92. The third-order valence-electron chi connectivity index (χ3n) is 5.92. The first-order chi connectivity index (χ1) is 15.9. The smallest absolute Gasteiger partial charge is 0.271 e. The Kier molecular flexibility index (Phi) is 4.57. The normalized spacial score (nSPS) is 17.4. The molecule has 10 heteroatoms. The van der Waals surface area contributed by atoms with Crippen LogP contribution in [0.3, 0.4) is 0 Å². The van der Waals surface area contributed by atoms with Crippen LogP contribution in [0.15, 0.2) is 47.4 Å². The Bertz CT molecular complexity index is 1540. The van der Waals surface area contributed by atoms with Crippen LogP contribution in [0.25, 0.3) is 16.0 Å². The summed E-state index contributed by atoms with van der Waals surface area (Å²) < 4.78 is 3.00. The van der Waals surface area contributed by atoms with Crippen LogP contribution >= 0.6 is 0 Å². The molecule has 0 bridgehead atoms. The van der Waals surface area contributed by atoms with Crippen molar-refractivity contribution in [1.29, 1.82) is 5.26 Å². The molecule has 33 heavy (non-hydrogen) atoms. The van der Waals surface area contributed by atoms with Gasteiger partial charge in [-0.25, -0.2) is 14.3 Å². The Labute approximate surface area is 189 Å². The number of hydrogen-bond donors (Lipinski definition) is 1. The number of aromatic nitrogens is 5. The molecule has 0 unspecified atom stereocenters. The second-order valence-electron chi connectivity index (χ2n) is 7.99. The van der Waals surface area contributed by atoms with Gasteiger partial charge in [-0.1, -0.05) is 25.1 Å². The highest BCUT2D eigenvalue weighted by atomic mass is 16.1. The zero-order chi connectivity index (χ0) is 23.3. The molecule has 1 aliphatic rings. The summed E-state index contributed by atoms with van der Waals surface area (Å²) in [7, 11) is 0. The van der Waals surface area contributed by atoms with E-state index in [0.29, 0.717) is 35.1 Å². The van der Waals surface area contributed by atoms with Gasteiger partial charge in [-0.15, -0.1) is 0 Å². The lowest BCUT2D eigenvalue weighted by Gasteiger charge is -2.47. The standard InChI is InChI=1S/C23H19N9O/c1-13-12-30(20-16(11-24)14(2)27-23(25)28-20)18(13)21-29-31-10-9-17(26-3)19(31)22(33)32(21)15-7-5-4-6-8-15/h4-10,13,18H,12H2,1-2H3,(H2,25,27,28)/t13-,18-/m0/s1. The van der Waals surface area contributed by atoms with E-state index < -0.39 is 0 Å². The van der Waals surface area contributed by atoms with E-state index in [1.165, 1.54) is 4.52 Å². The molecule has 0 spiro atoms. The van der Waals surface area contributed by atoms with Gasteiger partial charge in [0.25, 0.3) is 5.56 Å². The lowest BCUT2D eigenvalue weighted by atomic mass is 9.88. The van der Waals surface area contributed by atoms with Crippen LogP contribution in [0.2, 0.25) is 0 Å². The highest BCUT2D eigenvalue weighted by Crippen LogP contribution is 2.42. The molecule has 2 N–H and O–H groups in total. The second-order valence-corrected chi connectivity index (χ2v) is 7.99. The van der Waals surface area contributed by atoms with Gasteiger partial charge < -0.3 is 10.6 Å². The van der Waals surface area contributed by atoms with Crippen molar-refractivity contribution in [3.05, 3.63) is 81.4 Å². The fraction of sp³-hybridized carbons (Fsp3) is 0.217. The molecule has 0 saturated carbocycles. The Balaban J connectivity index is 1.78. The van der Waals surface area contributed by atoms with Crippen molar-refractivity contribution in [3.8, 4) is 11.8 Å². The first-order valence-corrected chi connectivity index (χ1v) is 10.3. The topological polar surface area (TPSA) is 122 Å². The van der Waals surface area contributed by atoms with E-state index >= 15 is 0 Å². The fourth-order valence-corrected chi connectivity index (χ4v) is 4.40. The number of nitriles is 1. The van der Waals surface area contributed by atoms with Crippen molar-refractivity contribution in [1.82, 2.24) is 24.1 Å². The molecular weight excluding hydrogens is 418 g/mol. The number of para-hydroxylation sites is 1. The molecule has 4 heterocycles. The molecule has 1 aliphatic heterocycles. The molecule has 0 radical (unpaired) electrons. The highest BCUT2D eigenvalue weighted by Gasteiger charge is 2.43. The molecule has 2 atom stereocenters. The Morgan fingerprint density at radius 1 is 1.24 bits per heavy atom. The van der Waals surface area contributed by atoms with Crippen LogP contribution in [0.5, 0.6) is 0 Å². The van der Waals surface area contributed by atoms with Crippen LogP contribution in [0, 0.1) is 30.7 Å². The average molecular weight is 437 g/mol. The minimum absolute atomic E-state index is 0.0794. The van der Waals surface area contributed by atoms with Gasteiger partial charge in [0, 0.05) is 18.7 Å². The van der Waals surface area contributed by atoms with Crippen LogP contribution in [0.4, 0.5) is 17.5 Å². The van der Waals surface area contributed by atoms with E-state index in [-0.39, 0.29) is 34.7 Å². The molecule has 0 amide bonds. The van der Waals surface area contributed by atoms with Gasteiger partial charge in [0.1, 0.15) is 17.1 Å². The molecular formula is C23H19N9O. The van der Waals surface area contributed by atoms with E-state index in [1.807, 2.05) is 35.2 Å². The van der Waals surface area contributed by atoms with Gasteiger partial charge >= 0.3 is 0 Å². The Hall–Kier alpha value is -4.70. The summed E-state index contributed by atoms with van der Waals surface area (Å²) in [5, 5.41) is 14.5. The molecule has 1 saturated heterocycles. The first-order valence-electron chi connectivity index (χ1n) is 10.3. The highest BCUT2D eigenvalue weighted by molar-refractivity contribution is 5.72. The number of benzene rings is 1. The van der Waals surface area contributed by atoms with Crippen molar-refractivity contribution < 1.29 is 0 Å². The quantitative estimate of drug-likeness (QED) is 0.489. The summed E-state index contributed by atoms with van der Waals surface area (Å²) in [4.78, 5) is 27.5. The number of rotatable bonds is 3. The molecule has 162 valence electrons. The van der Waals surface area contributed by atoms with Gasteiger partial charge in [0.15, 0.2) is 11.6 Å². The number of nitrogens with zero attached hydrogens (tertiary/aromatic N) is 8. The van der Waals surface area contributed by atoms with Gasteiger partial charge in [-0.3, -0.25) is 9.36 Å². The maximum Gasteiger partial charge on any atom is 0.271 e. The maximum atomic E-state index is 13.7. The third kappa shape index (κ3) is 3.00. The minimum Gasteiger partial charge on any atom is -0.368 e. The summed E-state index contributed by atoms with van der Waals surface area (Å²) in [5.41, 5.74) is 7.50. The van der Waals surface area contributed by atoms with Gasteiger partial charge in [-0.2, -0.15) is 15.3 Å². The molecule has 1 fully saturated rings. The largest absolute Gasteiger partial charge is 0.368 e. The van der Waals surface area contributed by atoms with Crippen LogP contribution < -0.4 is 16.2 Å². The molecule has 10 nitrogen and oxygen atoms in total. The van der Waals surface area contributed by atoms with E-state index in [1.54, 1.807) is 23.8 Å². The SMILES string of the molecule is [C-]#[N+]c1ccn2nc([C@@H]3[C@@H](C)CN3c3nc(N)nc(C)c3C#N)n(-c3ccccc3)c(=O)c12. The maximum absolute atomic E-state index is 13.7. The molecule has 4 aromatic rings. The summed E-state index contributed by atoms with van der Waals surface area (Å²) >= 11 is 0. The summed E-state index contributed by atoms with van der Waals surface area (Å²) in [5.74, 6) is 1.11. The summed E-state index contributed by atoms with van der Waals surface area (Å²) in [6.07, 6.45) is 1.62. The summed E-state index contributed by atoms with van der Waals surface area (Å²) in [6, 6.07) is 12.6. The van der Waals surface area contributed by atoms with E-state index in [2.05, 4.69) is 27.8 Å². The van der Waals surface area contributed by atoms with E-state index in [9.17, 15) is 10.1 Å². The number of anilines is 2. The van der Waals surface area contributed by atoms with Gasteiger partial charge in [0.2, 0.25) is 11.6 Å². The minimum atomic E-state index is -0.345. The molecule has 1 aromatic carbocycles.